The molecule has 2 rings (SSSR count). The molecule has 0 radical (unpaired) electrons. The van der Waals surface area contributed by atoms with Crippen molar-refractivity contribution in [1.82, 2.24) is 19.9 Å². The van der Waals surface area contributed by atoms with Crippen molar-refractivity contribution in [2.24, 2.45) is 0 Å². The van der Waals surface area contributed by atoms with Gasteiger partial charge in [0, 0.05) is 11.8 Å². The predicted octanol–water partition coefficient (Wildman–Crippen LogP) is -0.570. The number of nitrogens with one attached hydrogen (secondary N) is 3. The number of hydrogen-bond acceptors (Lipinski definition) is 4. The summed E-state index contributed by atoms with van der Waals surface area (Å²) in [5, 5.41) is 0. The number of H-pyrrole nitrogens is 3. The van der Waals surface area contributed by atoms with E-state index in [1.165, 1.54) is 6.20 Å². The molecule has 0 bridgehead atoms. The lowest BCUT2D eigenvalue weighted by Crippen LogP contribution is -2.26. The third kappa shape index (κ3) is 1.94. The van der Waals surface area contributed by atoms with E-state index in [0.29, 0.717) is 22.5 Å². The molecule has 7 heteroatoms. The molecule has 7 nitrogen and oxygen atoms in total. The molecule has 0 saturated heterocycles. The van der Waals surface area contributed by atoms with Gasteiger partial charge in [0.1, 0.15) is 0 Å². The molecule has 0 fully saturated rings. The van der Waals surface area contributed by atoms with Gasteiger partial charge in [-0.2, -0.15) is 0 Å². The van der Waals surface area contributed by atoms with Crippen LogP contribution in [-0.4, -0.2) is 19.9 Å². The summed E-state index contributed by atoms with van der Waals surface area (Å²) in [5.41, 5.74) is 0.0459. The molecule has 0 spiro atoms. The molecular formula is C10H10N4O3. The van der Waals surface area contributed by atoms with Crippen LogP contribution >= 0.6 is 0 Å². The molecule has 2 aromatic heterocycles. The second-order valence-electron chi connectivity index (χ2n) is 3.65. The van der Waals surface area contributed by atoms with E-state index in [9.17, 15) is 14.4 Å². The highest BCUT2D eigenvalue weighted by atomic mass is 16.2. The first kappa shape index (κ1) is 11.1. The SMILES string of the molecule is Cc1cnc(=O)[nH]c1-c1[nH]c(=O)[nH]c(=O)c1C. The van der Waals surface area contributed by atoms with Gasteiger partial charge in [0.2, 0.25) is 0 Å². The number of nitrogens with zero attached hydrogens (tertiary/aromatic N) is 1. The molecule has 0 aliphatic carbocycles. The van der Waals surface area contributed by atoms with Crippen LogP contribution in [0.1, 0.15) is 11.1 Å². The fourth-order valence-corrected chi connectivity index (χ4v) is 1.52. The second kappa shape index (κ2) is 3.85. The number of hydrogen-bond donors (Lipinski definition) is 3. The van der Waals surface area contributed by atoms with Crippen LogP contribution in [0.25, 0.3) is 11.4 Å². The lowest BCUT2D eigenvalue weighted by molar-refractivity contribution is 0.984. The Labute approximate surface area is 94.6 Å². The highest BCUT2D eigenvalue weighted by Crippen LogP contribution is 2.16. The first-order valence-electron chi connectivity index (χ1n) is 4.88. The Morgan fingerprint density at radius 1 is 1.00 bits per heavy atom. The van der Waals surface area contributed by atoms with E-state index in [2.05, 4.69) is 19.9 Å². The van der Waals surface area contributed by atoms with Gasteiger partial charge in [0.05, 0.1) is 11.4 Å². The van der Waals surface area contributed by atoms with Crippen LogP contribution in [0, 0.1) is 13.8 Å². The Morgan fingerprint density at radius 3 is 2.41 bits per heavy atom. The molecule has 88 valence electrons. The van der Waals surface area contributed by atoms with Gasteiger partial charge in [0.25, 0.3) is 5.56 Å². The van der Waals surface area contributed by atoms with Crippen molar-refractivity contribution in [2.45, 2.75) is 13.8 Å². The van der Waals surface area contributed by atoms with Crippen LogP contribution in [0.3, 0.4) is 0 Å². The molecule has 0 atom stereocenters. The summed E-state index contributed by atoms with van der Waals surface area (Å²) in [4.78, 5) is 44.5. The lowest BCUT2D eigenvalue weighted by Gasteiger charge is -2.06. The summed E-state index contributed by atoms with van der Waals surface area (Å²) < 4.78 is 0. The summed E-state index contributed by atoms with van der Waals surface area (Å²) in [6.45, 7) is 3.28. The van der Waals surface area contributed by atoms with Gasteiger partial charge in [0.15, 0.2) is 0 Å². The number of aryl methyl sites for hydroxylation is 1. The van der Waals surface area contributed by atoms with Crippen molar-refractivity contribution in [2.75, 3.05) is 0 Å². The molecule has 0 aliphatic rings. The summed E-state index contributed by atoms with van der Waals surface area (Å²) in [6, 6.07) is 0. The van der Waals surface area contributed by atoms with E-state index in [1.54, 1.807) is 13.8 Å². The molecule has 3 N–H and O–H groups in total. The van der Waals surface area contributed by atoms with Crippen molar-refractivity contribution >= 4 is 0 Å². The van der Waals surface area contributed by atoms with Crippen molar-refractivity contribution < 1.29 is 0 Å². The first-order valence-corrected chi connectivity index (χ1v) is 4.88. The summed E-state index contributed by atoms with van der Waals surface area (Å²) >= 11 is 0. The van der Waals surface area contributed by atoms with Crippen LogP contribution < -0.4 is 16.9 Å². The molecule has 17 heavy (non-hydrogen) atoms. The molecule has 0 aromatic carbocycles. The average Bonchev–Trinajstić information content (AvgIpc) is 2.27. The minimum absolute atomic E-state index is 0.302. The van der Waals surface area contributed by atoms with Gasteiger partial charge < -0.3 is 9.97 Å². The maximum absolute atomic E-state index is 11.4. The summed E-state index contributed by atoms with van der Waals surface area (Å²) in [6.07, 6.45) is 1.38. The van der Waals surface area contributed by atoms with Crippen LogP contribution in [-0.2, 0) is 0 Å². The Morgan fingerprint density at radius 2 is 1.71 bits per heavy atom. The fraction of sp³-hybridized carbons (Fsp3) is 0.200. The minimum Gasteiger partial charge on any atom is -0.305 e. The van der Waals surface area contributed by atoms with E-state index in [-0.39, 0.29) is 0 Å². The van der Waals surface area contributed by atoms with E-state index in [4.69, 9.17) is 0 Å². The molecule has 2 heterocycles. The van der Waals surface area contributed by atoms with Gasteiger partial charge in [-0.25, -0.2) is 14.6 Å². The fourth-order valence-electron chi connectivity index (χ4n) is 1.52. The first-order chi connectivity index (χ1) is 7.99. The quantitative estimate of drug-likeness (QED) is 0.613. The zero-order chi connectivity index (χ0) is 12.6. The van der Waals surface area contributed by atoms with Crippen LogP contribution in [0.15, 0.2) is 20.6 Å². The van der Waals surface area contributed by atoms with Crippen LogP contribution in [0.2, 0.25) is 0 Å². The van der Waals surface area contributed by atoms with E-state index in [0.717, 1.165) is 0 Å². The summed E-state index contributed by atoms with van der Waals surface area (Å²) in [7, 11) is 0. The Kier molecular flexibility index (Phi) is 2.51. The smallest absolute Gasteiger partial charge is 0.305 e. The van der Waals surface area contributed by atoms with E-state index < -0.39 is 16.9 Å². The van der Waals surface area contributed by atoms with Crippen molar-refractivity contribution in [1.29, 1.82) is 0 Å². The zero-order valence-electron chi connectivity index (χ0n) is 9.25. The van der Waals surface area contributed by atoms with Crippen molar-refractivity contribution in [3.05, 3.63) is 48.6 Å². The van der Waals surface area contributed by atoms with Crippen LogP contribution in [0.5, 0.6) is 0 Å². The monoisotopic (exact) mass is 234 g/mol. The molecule has 0 amide bonds. The van der Waals surface area contributed by atoms with Crippen LogP contribution in [0.4, 0.5) is 0 Å². The van der Waals surface area contributed by atoms with Gasteiger partial charge in [-0.15, -0.1) is 0 Å². The third-order valence-electron chi connectivity index (χ3n) is 2.43. The van der Waals surface area contributed by atoms with E-state index in [1.807, 2.05) is 0 Å². The number of rotatable bonds is 1. The second-order valence-corrected chi connectivity index (χ2v) is 3.65. The highest BCUT2D eigenvalue weighted by molar-refractivity contribution is 5.60. The highest BCUT2D eigenvalue weighted by Gasteiger charge is 2.10. The van der Waals surface area contributed by atoms with Gasteiger partial charge in [-0.05, 0) is 19.4 Å². The molecule has 0 unspecified atom stereocenters. The number of aromatic nitrogens is 4. The topological polar surface area (TPSA) is 111 Å². The van der Waals surface area contributed by atoms with E-state index >= 15 is 0 Å². The molecule has 0 aliphatic heterocycles. The lowest BCUT2D eigenvalue weighted by atomic mass is 10.1. The Bertz CT molecular complexity index is 738. The zero-order valence-corrected chi connectivity index (χ0v) is 9.25. The molecule has 0 saturated carbocycles. The predicted molar refractivity (Wildman–Crippen MR) is 61.0 cm³/mol. The van der Waals surface area contributed by atoms with Crippen molar-refractivity contribution in [3.63, 3.8) is 0 Å². The third-order valence-corrected chi connectivity index (χ3v) is 2.43. The molecular weight excluding hydrogens is 224 g/mol. The van der Waals surface area contributed by atoms with Gasteiger partial charge in [-0.1, -0.05) is 0 Å². The molecule has 2 aromatic rings. The standard InChI is InChI=1S/C10H10N4O3/c1-4-3-11-9(16)12-6(4)7-5(2)8(15)14-10(17)13-7/h3H,1-2H3,(H,11,12,16)(H2,13,14,15,17). The normalized spacial score (nSPS) is 10.5. The maximum atomic E-state index is 11.4. The minimum atomic E-state index is -0.618. The Hall–Kier alpha value is -2.44. The van der Waals surface area contributed by atoms with Crippen molar-refractivity contribution in [3.8, 4) is 11.4 Å². The Balaban J connectivity index is 2.86. The average molecular weight is 234 g/mol. The largest absolute Gasteiger partial charge is 0.345 e. The van der Waals surface area contributed by atoms with Gasteiger partial charge >= 0.3 is 11.4 Å². The van der Waals surface area contributed by atoms with Gasteiger partial charge in [-0.3, -0.25) is 9.78 Å². The number of aromatic amines is 3. The maximum Gasteiger partial charge on any atom is 0.345 e. The summed E-state index contributed by atoms with van der Waals surface area (Å²) in [5.74, 6) is 0.